The monoisotopic (exact) mass is 447 g/mol. The molecule has 0 saturated heterocycles. The van der Waals surface area contributed by atoms with Crippen molar-refractivity contribution >= 4 is 28.9 Å². The second-order valence-electron chi connectivity index (χ2n) is 8.05. The average Bonchev–Trinajstić information content (AvgIpc) is 3.21. The molecule has 1 aliphatic heterocycles. The largest absolute Gasteiger partial charge is 0.486 e. The first-order chi connectivity index (χ1) is 16.5. The van der Waals surface area contributed by atoms with Crippen molar-refractivity contribution < 1.29 is 27.9 Å². The van der Waals surface area contributed by atoms with Crippen LogP contribution >= 0.6 is 0 Å². The average molecular weight is 447 g/mol. The van der Waals surface area contributed by atoms with E-state index in [1.54, 1.807) is 13.8 Å². The summed E-state index contributed by atoms with van der Waals surface area (Å²) in [5.74, 6) is -0.453. The fourth-order valence-corrected chi connectivity index (χ4v) is 3.10. The van der Waals surface area contributed by atoms with Gasteiger partial charge in [-0.2, -0.15) is 9.61 Å². The Kier molecular flexibility index (Phi) is 4.79. The van der Waals surface area contributed by atoms with Gasteiger partial charge in [0.1, 0.15) is 36.2 Å². The third-order valence-electron chi connectivity index (χ3n) is 4.87. The van der Waals surface area contributed by atoms with Crippen LogP contribution in [0.5, 0.6) is 11.5 Å². The number of carbonyl (C=O) groups excluding carboxylic acids is 1. The molecule has 1 aromatic carbocycles. The molecule has 4 N–H and O–H groups in total. The third-order valence-corrected chi connectivity index (χ3v) is 4.87. The predicted molar refractivity (Wildman–Crippen MR) is 116 cm³/mol. The second kappa shape index (κ2) is 8.50. The van der Waals surface area contributed by atoms with Crippen LogP contribution in [0.1, 0.15) is 28.3 Å². The first kappa shape index (κ1) is 18.0. The summed E-state index contributed by atoms with van der Waals surface area (Å²) in [4.78, 5) is 17.3. The number of ether oxygens (including phenoxy) is 2. The van der Waals surface area contributed by atoms with Crippen LogP contribution in [0, 0.1) is 11.2 Å². The Hall–Kier alpha value is -3.60. The van der Waals surface area contributed by atoms with E-state index in [1.165, 1.54) is 28.9 Å². The number of hydrogen-bond donors (Lipinski definition) is 4. The minimum Gasteiger partial charge on any atom is -0.486 e. The van der Waals surface area contributed by atoms with Gasteiger partial charge in [-0.05, 0) is 0 Å². The number of benzene rings is 1. The highest BCUT2D eigenvalue weighted by Crippen LogP contribution is 2.40. The Balaban J connectivity index is 1.75. The summed E-state index contributed by atoms with van der Waals surface area (Å²) in [5.41, 5.74) is -0.197. The SMILES string of the molecule is [2H]C([2H])([2H])Nc1cc(Nc2cc(F)cc3c2OCCO3)nc2c(C(=O)NCC(C)(C)CO)cnn12. The van der Waals surface area contributed by atoms with Gasteiger partial charge in [-0.25, -0.2) is 9.37 Å². The molecule has 0 unspecified atom stereocenters. The quantitative estimate of drug-likeness (QED) is 0.435. The summed E-state index contributed by atoms with van der Waals surface area (Å²) in [5, 5.41) is 21.6. The third kappa shape index (κ3) is 4.24. The topological polar surface area (TPSA) is 122 Å². The fourth-order valence-electron chi connectivity index (χ4n) is 3.10. The van der Waals surface area contributed by atoms with Crippen LogP contribution in [0.25, 0.3) is 5.65 Å². The summed E-state index contributed by atoms with van der Waals surface area (Å²) in [6.45, 7) is 1.59. The molecule has 0 aliphatic carbocycles. The number of amides is 1. The lowest BCUT2D eigenvalue weighted by molar-refractivity contribution is 0.0912. The zero-order valence-electron chi connectivity index (χ0n) is 20.5. The Morgan fingerprint density at radius 1 is 1.34 bits per heavy atom. The Bertz CT molecular complexity index is 1260. The van der Waals surface area contributed by atoms with Crippen molar-refractivity contribution in [2.75, 3.05) is 44.0 Å². The molecule has 0 radical (unpaired) electrons. The highest BCUT2D eigenvalue weighted by Gasteiger charge is 2.22. The molecule has 3 heterocycles. The van der Waals surface area contributed by atoms with Gasteiger partial charge in [-0.15, -0.1) is 0 Å². The number of nitrogens with one attached hydrogen (secondary N) is 3. The van der Waals surface area contributed by atoms with Crippen LogP contribution in [0.15, 0.2) is 24.4 Å². The molecule has 0 bridgehead atoms. The van der Waals surface area contributed by atoms with Gasteiger partial charge in [0, 0.05) is 47.9 Å². The summed E-state index contributed by atoms with van der Waals surface area (Å²) in [6, 6.07) is 3.76. The zero-order valence-corrected chi connectivity index (χ0v) is 17.5. The number of aliphatic hydroxyl groups excluding tert-OH is 1. The van der Waals surface area contributed by atoms with Gasteiger partial charge in [-0.1, -0.05) is 13.8 Å². The lowest BCUT2D eigenvalue weighted by Crippen LogP contribution is -2.36. The molecule has 4 rings (SSSR count). The highest BCUT2D eigenvalue weighted by atomic mass is 19.1. The highest BCUT2D eigenvalue weighted by molar-refractivity contribution is 6.00. The standard InChI is InChI=1S/C21H25FN6O4/c1-21(2,11-29)10-24-20(30)13-9-25-28-17(23-3)8-16(27-19(13)28)26-14-6-12(22)7-15-18(14)32-5-4-31-15/h6-9,23,29H,4-5,10-11H2,1-3H3,(H,24,30)(H,26,27)/i3D3. The summed E-state index contributed by atoms with van der Waals surface area (Å²) in [6.07, 6.45) is 1.26. The van der Waals surface area contributed by atoms with Crippen molar-refractivity contribution in [3.8, 4) is 11.5 Å². The van der Waals surface area contributed by atoms with Gasteiger partial charge in [0.2, 0.25) is 0 Å². The number of nitrogens with zero attached hydrogens (tertiary/aromatic N) is 3. The summed E-state index contributed by atoms with van der Waals surface area (Å²) < 4.78 is 49.2. The molecule has 2 aromatic heterocycles. The van der Waals surface area contributed by atoms with Crippen LogP contribution in [-0.4, -0.2) is 59.0 Å². The number of carbonyl (C=O) groups is 1. The van der Waals surface area contributed by atoms with Gasteiger partial charge < -0.3 is 30.5 Å². The summed E-state index contributed by atoms with van der Waals surface area (Å²) >= 11 is 0. The van der Waals surface area contributed by atoms with Crippen molar-refractivity contribution in [3.05, 3.63) is 35.8 Å². The van der Waals surface area contributed by atoms with Gasteiger partial charge in [0.25, 0.3) is 5.91 Å². The van der Waals surface area contributed by atoms with E-state index in [4.69, 9.17) is 13.6 Å². The fraction of sp³-hybridized carbons (Fsp3) is 0.381. The lowest BCUT2D eigenvalue weighted by atomic mass is 9.95. The molecule has 170 valence electrons. The maximum Gasteiger partial charge on any atom is 0.256 e. The molecule has 3 aromatic rings. The van der Waals surface area contributed by atoms with E-state index in [1.807, 2.05) is 0 Å². The number of aromatic nitrogens is 3. The number of hydrogen-bond acceptors (Lipinski definition) is 8. The molecular formula is C21H25FN6O4. The van der Waals surface area contributed by atoms with Crippen LogP contribution in [0.4, 0.5) is 21.7 Å². The minimum absolute atomic E-state index is 0.0228. The smallest absolute Gasteiger partial charge is 0.256 e. The van der Waals surface area contributed by atoms with Crippen LogP contribution in [0.3, 0.4) is 0 Å². The molecule has 10 nitrogen and oxygen atoms in total. The molecule has 32 heavy (non-hydrogen) atoms. The Labute approximate surface area is 188 Å². The van der Waals surface area contributed by atoms with Crippen molar-refractivity contribution in [2.24, 2.45) is 5.41 Å². The summed E-state index contributed by atoms with van der Waals surface area (Å²) in [7, 11) is 0. The van der Waals surface area contributed by atoms with Crippen molar-refractivity contribution in [1.29, 1.82) is 0 Å². The number of halogens is 1. The van der Waals surface area contributed by atoms with E-state index >= 15 is 0 Å². The van der Waals surface area contributed by atoms with Crippen molar-refractivity contribution in [2.45, 2.75) is 13.8 Å². The number of rotatable bonds is 7. The van der Waals surface area contributed by atoms with Crippen LogP contribution < -0.4 is 25.4 Å². The maximum absolute atomic E-state index is 14.2. The molecule has 1 amide bonds. The van der Waals surface area contributed by atoms with E-state index in [0.717, 1.165) is 0 Å². The molecule has 1 aliphatic rings. The molecular weight excluding hydrogens is 419 g/mol. The lowest BCUT2D eigenvalue weighted by Gasteiger charge is -2.22. The van der Waals surface area contributed by atoms with Crippen molar-refractivity contribution in [3.63, 3.8) is 0 Å². The Morgan fingerprint density at radius 2 is 2.16 bits per heavy atom. The Morgan fingerprint density at radius 3 is 2.94 bits per heavy atom. The van der Waals surface area contributed by atoms with Gasteiger partial charge in [0.15, 0.2) is 17.1 Å². The molecule has 0 saturated carbocycles. The molecule has 0 spiro atoms. The van der Waals surface area contributed by atoms with E-state index in [9.17, 15) is 14.3 Å². The van der Waals surface area contributed by atoms with Crippen LogP contribution in [-0.2, 0) is 0 Å². The predicted octanol–water partition coefficient (Wildman–Crippen LogP) is 2.17. The first-order valence-corrected chi connectivity index (χ1v) is 9.88. The van der Waals surface area contributed by atoms with Gasteiger partial charge >= 0.3 is 0 Å². The molecule has 11 heteroatoms. The normalized spacial score (nSPS) is 14.9. The van der Waals surface area contributed by atoms with Gasteiger partial charge in [0.05, 0.1) is 11.9 Å². The van der Waals surface area contributed by atoms with E-state index < -0.39 is 24.1 Å². The van der Waals surface area contributed by atoms with E-state index in [-0.39, 0.29) is 66.4 Å². The number of fused-ring (bicyclic) bond motifs is 2. The van der Waals surface area contributed by atoms with Gasteiger partial charge in [-0.3, -0.25) is 4.79 Å². The second-order valence-corrected chi connectivity index (χ2v) is 8.05. The maximum atomic E-state index is 14.2. The van der Waals surface area contributed by atoms with Crippen LogP contribution in [0.2, 0.25) is 0 Å². The van der Waals surface area contributed by atoms with Crippen molar-refractivity contribution in [1.82, 2.24) is 19.9 Å². The number of anilines is 3. The number of aliphatic hydroxyl groups is 1. The van der Waals surface area contributed by atoms with E-state index in [0.29, 0.717) is 0 Å². The molecule has 0 atom stereocenters. The minimum atomic E-state index is -2.57. The zero-order chi connectivity index (χ0) is 25.4. The first-order valence-electron chi connectivity index (χ1n) is 11.4. The van der Waals surface area contributed by atoms with E-state index in [2.05, 4.69) is 26.0 Å². The molecule has 0 fully saturated rings.